The average molecular weight is 341 g/mol. The molecule has 120 valence electrons. The summed E-state index contributed by atoms with van der Waals surface area (Å²) in [7, 11) is 0. The first-order valence-electron chi connectivity index (χ1n) is 6.94. The van der Waals surface area contributed by atoms with Crippen LogP contribution in [-0.4, -0.2) is 28.6 Å². The van der Waals surface area contributed by atoms with Gasteiger partial charge in [-0.05, 0) is 23.7 Å². The van der Waals surface area contributed by atoms with Gasteiger partial charge in [0.1, 0.15) is 15.6 Å². The van der Waals surface area contributed by atoms with Crippen LogP contribution in [0.3, 0.4) is 0 Å². The summed E-state index contributed by atoms with van der Waals surface area (Å²) in [5, 5.41) is 14.4. The number of hydrogen-bond donors (Lipinski definition) is 3. The maximum atomic E-state index is 11.7. The molecule has 0 fully saturated rings. The monoisotopic (exact) mass is 341 g/mol. The molecule has 1 aromatic rings. The smallest absolute Gasteiger partial charge is 0.319 e. The van der Waals surface area contributed by atoms with E-state index in [1.807, 2.05) is 6.07 Å². The van der Waals surface area contributed by atoms with Crippen molar-refractivity contribution in [2.45, 2.75) is 37.6 Å². The van der Waals surface area contributed by atoms with Crippen molar-refractivity contribution in [1.82, 2.24) is 9.69 Å². The summed E-state index contributed by atoms with van der Waals surface area (Å²) in [6, 6.07) is 1.44. The molecule has 0 unspecified atom stereocenters. The number of thioether (sulfide) groups is 1. The second-order valence-corrected chi connectivity index (χ2v) is 6.26. The highest BCUT2D eigenvalue weighted by atomic mass is 32.2. The highest BCUT2D eigenvalue weighted by Gasteiger charge is 2.20. The van der Waals surface area contributed by atoms with Crippen LogP contribution >= 0.6 is 23.3 Å². The lowest BCUT2D eigenvalue weighted by Gasteiger charge is -2.05. The summed E-state index contributed by atoms with van der Waals surface area (Å²) in [6.07, 6.45) is 3.50. The number of carbonyl (C=O) groups excluding carboxylic acids is 2. The zero-order valence-electron chi connectivity index (χ0n) is 12.3. The Kier molecular flexibility index (Phi) is 8.32. The normalized spacial score (nSPS) is 10.0. The van der Waals surface area contributed by atoms with Crippen molar-refractivity contribution in [3.05, 3.63) is 5.56 Å². The number of nitrogens with one attached hydrogen (secondary N) is 2. The molecular weight excluding hydrogens is 322 g/mol. The van der Waals surface area contributed by atoms with Crippen LogP contribution in [0, 0.1) is 11.3 Å². The highest BCUT2D eigenvalue weighted by Crippen LogP contribution is 2.32. The van der Waals surface area contributed by atoms with E-state index in [0.717, 1.165) is 36.5 Å². The topological polar surface area (TPSA) is 121 Å². The Bertz CT molecular complexity index is 553. The third-order valence-corrected chi connectivity index (χ3v) is 4.58. The van der Waals surface area contributed by atoms with Gasteiger partial charge in [-0.15, -0.1) is 11.8 Å². The van der Waals surface area contributed by atoms with Crippen molar-refractivity contribution >= 4 is 40.2 Å². The van der Waals surface area contributed by atoms with Gasteiger partial charge in [-0.25, -0.2) is 4.79 Å². The Labute approximate surface area is 137 Å². The standard InChI is InChI=1S/C13H19N5O2S2/c1-2-3-4-8-21-12-9(10(15)19)11(22-18-12)17-13(20)16-7-5-6-14/h2-5,7-8H2,1H3,(H2,15,19)(H2,16,17,20). The van der Waals surface area contributed by atoms with Crippen molar-refractivity contribution < 1.29 is 9.59 Å². The van der Waals surface area contributed by atoms with Gasteiger partial charge < -0.3 is 11.1 Å². The van der Waals surface area contributed by atoms with Crippen LogP contribution in [0.4, 0.5) is 9.80 Å². The average Bonchev–Trinajstić information content (AvgIpc) is 2.86. The molecule has 0 saturated carbocycles. The Morgan fingerprint density at radius 3 is 2.86 bits per heavy atom. The van der Waals surface area contributed by atoms with E-state index >= 15 is 0 Å². The third kappa shape index (κ3) is 5.91. The number of aromatic nitrogens is 1. The lowest BCUT2D eigenvalue weighted by molar-refractivity contribution is 0.0998. The van der Waals surface area contributed by atoms with E-state index < -0.39 is 11.9 Å². The van der Waals surface area contributed by atoms with Gasteiger partial charge in [-0.1, -0.05) is 19.8 Å². The molecular formula is C13H19N5O2S2. The predicted octanol–water partition coefficient (Wildman–Crippen LogP) is 2.56. The maximum Gasteiger partial charge on any atom is 0.319 e. The van der Waals surface area contributed by atoms with Crippen LogP contribution < -0.4 is 16.4 Å². The first-order chi connectivity index (χ1) is 10.6. The van der Waals surface area contributed by atoms with Crippen molar-refractivity contribution in [3.8, 4) is 6.07 Å². The lowest BCUT2D eigenvalue weighted by Crippen LogP contribution is -2.30. The Balaban J connectivity index is 2.67. The molecule has 4 N–H and O–H groups in total. The number of unbranched alkanes of at least 4 members (excludes halogenated alkanes) is 2. The van der Waals surface area contributed by atoms with Gasteiger partial charge in [-0.2, -0.15) is 9.64 Å². The van der Waals surface area contributed by atoms with Crippen molar-refractivity contribution in [1.29, 1.82) is 5.26 Å². The van der Waals surface area contributed by atoms with E-state index in [9.17, 15) is 9.59 Å². The van der Waals surface area contributed by atoms with Gasteiger partial charge >= 0.3 is 6.03 Å². The van der Waals surface area contributed by atoms with E-state index in [0.29, 0.717) is 10.0 Å². The number of nitriles is 1. The Hall–Kier alpha value is -1.79. The molecule has 1 aromatic heterocycles. The molecule has 0 aliphatic heterocycles. The Morgan fingerprint density at radius 2 is 2.23 bits per heavy atom. The predicted molar refractivity (Wildman–Crippen MR) is 88.1 cm³/mol. The van der Waals surface area contributed by atoms with Crippen LogP contribution in [0.15, 0.2) is 5.03 Å². The maximum absolute atomic E-state index is 11.7. The summed E-state index contributed by atoms with van der Waals surface area (Å²) in [6.45, 7) is 2.36. The van der Waals surface area contributed by atoms with Crippen molar-refractivity contribution in [2.75, 3.05) is 17.6 Å². The van der Waals surface area contributed by atoms with E-state index in [1.54, 1.807) is 0 Å². The number of nitrogens with zero attached hydrogens (tertiary/aromatic N) is 2. The first kappa shape index (κ1) is 18.3. The quantitative estimate of drug-likeness (QED) is 0.471. The summed E-state index contributed by atoms with van der Waals surface area (Å²) < 4.78 is 4.19. The molecule has 0 atom stereocenters. The number of rotatable bonds is 9. The molecule has 0 aliphatic carbocycles. The molecule has 22 heavy (non-hydrogen) atoms. The molecule has 3 amide bonds. The summed E-state index contributed by atoms with van der Waals surface area (Å²) in [4.78, 5) is 23.3. The molecule has 9 heteroatoms. The van der Waals surface area contributed by atoms with Crippen molar-refractivity contribution in [3.63, 3.8) is 0 Å². The fourth-order valence-corrected chi connectivity index (χ4v) is 3.55. The SMILES string of the molecule is CCCCCSc1nsc(NC(=O)NCCC#N)c1C(N)=O. The minimum atomic E-state index is -0.612. The van der Waals surface area contributed by atoms with Crippen LogP contribution in [0.1, 0.15) is 43.0 Å². The van der Waals surface area contributed by atoms with Crippen molar-refractivity contribution in [2.24, 2.45) is 5.73 Å². The van der Waals surface area contributed by atoms with Gasteiger partial charge in [0.25, 0.3) is 5.91 Å². The zero-order valence-corrected chi connectivity index (χ0v) is 14.0. The van der Waals surface area contributed by atoms with Crippen LogP contribution in [0.25, 0.3) is 0 Å². The minimum absolute atomic E-state index is 0.220. The van der Waals surface area contributed by atoms with Crippen LogP contribution in [0.5, 0.6) is 0 Å². The van der Waals surface area contributed by atoms with Gasteiger partial charge in [0, 0.05) is 6.54 Å². The molecule has 0 aliphatic rings. The molecule has 1 heterocycles. The fourth-order valence-electron chi connectivity index (χ4n) is 1.58. The number of primary amides is 1. The molecule has 0 radical (unpaired) electrons. The second-order valence-electron chi connectivity index (χ2n) is 4.40. The number of urea groups is 1. The number of hydrogen-bond acceptors (Lipinski definition) is 6. The number of nitrogens with two attached hydrogens (primary N) is 1. The van der Waals surface area contributed by atoms with Gasteiger partial charge in [0.05, 0.1) is 12.5 Å². The summed E-state index contributed by atoms with van der Waals surface area (Å²) in [5.41, 5.74) is 5.64. The number of amides is 3. The van der Waals surface area contributed by atoms with Gasteiger partial charge in [0.2, 0.25) is 0 Å². The number of anilines is 1. The molecule has 1 rings (SSSR count). The first-order valence-corrected chi connectivity index (χ1v) is 8.70. The van der Waals surface area contributed by atoms with E-state index in [1.165, 1.54) is 11.8 Å². The van der Waals surface area contributed by atoms with Crippen LogP contribution in [0.2, 0.25) is 0 Å². The van der Waals surface area contributed by atoms with E-state index in [-0.39, 0.29) is 18.5 Å². The third-order valence-electron chi connectivity index (χ3n) is 2.64. The molecule has 0 aromatic carbocycles. The van der Waals surface area contributed by atoms with Gasteiger partial charge in [-0.3, -0.25) is 10.1 Å². The van der Waals surface area contributed by atoms with E-state index in [2.05, 4.69) is 21.9 Å². The van der Waals surface area contributed by atoms with Crippen LogP contribution in [-0.2, 0) is 0 Å². The minimum Gasteiger partial charge on any atom is -0.365 e. The second kappa shape index (κ2) is 10.0. The summed E-state index contributed by atoms with van der Waals surface area (Å²) in [5.74, 6) is 0.241. The highest BCUT2D eigenvalue weighted by molar-refractivity contribution is 7.99. The summed E-state index contributed by atoms with van der Waals surface area (Å²) >= 11 is 2.50. The van der Waals surface area contributed by atoms with Gasteiger partial charge in [0.15, 0.2) is 0 Å². The lowest BCUT2D eigenvalue weighted by atomic mass is 10.3. The fraction of sp³-hybridized carbons (Fsp3) is 0.538. The molecule has 0 saturated heterocycles. The Morgan fingerprint density at radius 1 is 1.45 bits per heavy atom. The number of carbonyl (C=O) groups is 2. The molecule has 0 spiro atoms. The largest absolute Gasteiger partial charge is 0.365 e. The molecule has 7 nitrogen and oxygen atoms in total. The zero-order chi connectivity index (χ0) is 16.4. The van der Waals surface area contributed by atoms with E-state index in [4.69, 9.17) is 11.0 Å². The molecule has 0 bridgehead atoms.